The Kier molecular flexibility index (Phi) is 6.85. The topological polar surface area (TPSA) is 171 Å². The number of Topliss-reactive ketones (excluding diaryl/α,β-unsaturated/α-hetero) is 1. The summed E-state index contributed by atoms with van der Waals surface area (Å²) < 4.78 is 0. The zero-order valence-electron chi connectivity index (χ0n) is 15.1. The van der Waals surface area contributed by atoms with Gasteiger partial charge in [-0.25, -0.2) is 4.79 Å². The SMILES string of the molecule is CC(=O)c1ccc(NC(=O)NC2C=C(C(=O)NCC(N)=O)CC(O)C2O)cc1. The lowest BCUT2D eigenvalue weighted by atomic mass is 9.90. The Balaban J connectivity index is 2.03. The van der Waals surface area contributed by atoms with Crippen molar-refractivity contribution < 1.29 is 29.4 Å². The summed E-state index contributed by atoms with van der Waals surface area (Å²) in [6.45, 7) is 1.05. The van der Waals surface area contributed by atoms with E-state index in [1.165, 1.54) is 13.0 Å². The number of rotatable bonds is 6. The molecule has 0 heterocycles. The average Bonchev–Trinajstić information content (AvgIpc) is 2.63. The van der Waals surface area contributed by atoms with Gasteiger partial charge in [0.05, 0.1) is 18.7 Å². The van der Waals surface area contributed by atoms with Crippen LogP contribution in [0.25, 0.3) is 0 Å². The van der Waals surface area contributed by atoms with Crippen LogP contribution in [0.15, 0.2) is 35.9 Å². The highest BCUT2D eigenvalue weighted by atomic mass is 16.3. The van der Waals surface area contributed by atoms with Crippen molar-refractivity contribution in [2.24, 2.45) is 5.73 Å². The summed E-state index contributed by atoms with van der Waals surface area (Å²) in [5.74, 6) is -1.46. The summed E-state index contributed by atoms with van der Waals surface area (Å²) >= 11 is 0. The molecule has 0 saturated carbocycles. The van der Waals surface area contributed by atoms with Gasteiger partial charge in [0.2, 0.25) is 11.8 Å². The van der Waals surface area contributed by atoms with E-state index in [-0.39, 0.29) is 24.3 Å². The monoisotopic (exact) mass is 390 g/mol. The molecule has 0 spiro atoms. The number of benzene rings is 1. The van der Waals surface area contributed by atoms with Crippen LogP contribution in [0.5, 0.6) is 0 Å². The number of urea groups is 1. The molecule has 1 aromatic rings. The summed E-state index contributed by atoms with van der Waals surface area (Å²) in [6.07, 6.45) is -1.43. The van der Waals surface area contributed by atoms with Crippen LogP contribution in [0.2, 0.25) is 0 Å². The first kappa shape index (κ1) is 21.1. The van der Waals surface area contributed by atoms with E-state index < -0.39 is 36.1 Å². The van der Waals surface area contributed by atoms with E-state index in [4.69, 9.17) is 5.73 Å². The smallest absolute Gasteiger partial charge is 0.319 e. The molecular formula is C18H22N4O6. The number of amides is 4. The lowest BCUT2D eigenvalue weighted by Crippen LogP contribution is -2.52. The van der Waals surface area contributed by atoms with E-state index >= 15 is 0 Å². The van der Waals surface area contributed by atoms with Crippen LogP contribution in [0.3, 0.4) is 0 Å². The molecule has 0 bridgehead atoms. The van der Waals surface area contributed by atoms with Crippen LogP contribution in [0.4, 0.5) is 10.5 Å². The van der Waals surface area contributed by atoms with Crippen molar-refractivity contribution in [1.29, 1.82) is 0 Å². The molecule has 1 aromatic carbocycles. The predicted octanol–water partition coefficient (Wildman–Crippen LogP) is -0.967. The number of anilines is 1. The van der Waals surface area contributed by atoms with E-state index in [9.17, 15) is 29.4 Å². The number of ketones is 1. The minimum atomic E-state index is -1.32. The van der Waals surface area contributed by atoms with Crippen LogP contribution >= 0.6 is 0 Å². The Morgan fingerprint density at radius 1 is 1.14 bits per heavy atom. The number of carbonyl (C=O) groups is 4. The minimum Gasteiger partial charge on any atom is -0.390 e. The molecule has 0 radical (unpaired) electrons. The Labute approximate surface area is 160 Å². The summed E-state index contributed by atoms with van der Waals surface area (Å²) in [7, 11) is 0. The molecule has 1 aliphatic rings. The van der Waals surface area contributed by atoms with Crippen LogP contribution in [-0.2, 0) is 9.59 Å². The second-order valence-electron chi connectivity index (χ2n) is 6.36. The average molecular weight is 390 g/mol. The van der Waals surface area contributed by atoms with Crippen molar-refractivity contribution in [2.75, 3.05) is 11.9 Å². The number of primary amides is 1. The van der Waals surface area contributed by atoms with Gasteiger partial charge in [-0.3, -0.25) is 14.4 Å². The van der Waals surface area contributed by atoms with Crippen molar-refractivity contribution in [3.63, 3.8) is 0 Å². The van der Waals surface area contributed by atoms with Crippen molar-refractivity contribution in [3.8, 4) is 0 Å². The Morgan fingerprint density at radius 2 is 1.79 bits per heavy atom. The number of hydrogen-bond acceptors (Lipinski definition) is 6. The zero-order valence-corrected chi connectivity index (χ0v) is 15.1. The van der Waals surface area contributed by atoms with E-state index in [0.717, 1.165) is 0 Å². The third-order valence-electron chi connectivity index (χ3n) is 4.13. The van der Waals surface area contributed by atoms with Crippen LogP contribution < -0.4 is 21.7 Å². The molecule has 10 heteroatoms. The number of carbonyl (C=O) groups excluding carboxylic acids is 4. The van der Waals surface area contributed by atoms with Gasteiger partial charge >= 0.3 is 6.03 Å². The van der Waals surface area contributed by atoms with Gasteiger partial charge in [0.15, 0.2) is 5.78 Å². The number of aliphatic hydroxyl groups is 2. The highest BCUT2D eigenvalue weighted by Crippen LogP contribution is 2.20. The maximum atomic E-state index is 12.2. The second-order valence-corrected chi connectivity index (χ2v) is 6.36. The zero-order chi connectivity index (χ0) is 20.8. The lowest BCUT2D eigenvalue weighted by molar-refractivity contribution is -0.123. The molecular weight excluding hydrogens is 368 g/mol. The number of aliphatic hydroxyl groups excluding tert-OH is 2. The van der Waals surface area contributed by atoms with Gasteiger partial charge in [-0.1, -0.05) is 6.08 Å². The van der Waals surface area contributed by atoms with E-state index in [0.29, 0.717) is 11.3 Å². The molecule has 7 N–H and O–H groups in total. The maximum Gasteiger partial charge on any atom is 0.319 e. The number of nitrogens with one attached hydrogen (secondary N) is 3. The minimum absolute atomic E-state index is 0.107. The molecule has 28 heavy (non-hydrogen) atoms. The van der Waals surface area contributed by atoms with E-state index in [2.05, 4.69) is 16.0 Å². The fourth-order valence-corrected chi connectivity index (χ4v) is 2.65. The highest BCUT2D eigenvalue weighted by molar-refractivity contribution is 5.97. The van der Waals surface area contributed by atoms with Gasteiger partial charge in [-0.15, -0.1) is 0 Å². The van der Waals surface area contributed by atoms with E-state index in [1.54, 1.807) is 24.3 Å². The first-order chi connectivity index (χ1) is 13.2. The van der Waals surface area contributed by atoms with E-state index in [1.807, 2.05) is 0 Å². The molecule has 4 amide bonds. The van der Waals surface area contributed by atoms with Gasteiger partial charge in [-0.05, 0) is 31.2 Å². The molecule has 2 rings (SSSR count). The second kappa shape index (κ2) is 9.11. The molecule has 10 nitrogen and oxygen atoms in total. The van der Waals surface area contributed by atoms with Crippen molar-refractivity contribution in [3.05, 3.63) is 41.5 Å². The first-order valence-electron chi connectivity index (χ1n) is 8.49. The molecule has 150 valence electrons. The number of hydrogen-bond donors (Lipinski definition) is 6. The molecule has 3 atom stereocenters. The highest BCUT2D eigenvalue weighted by Gasteiger charge is 2.33. The van der Waals surface area contributed by atoms with Crippen LogP contribution in [0.1, 0.15) is 23.7 Å². The fourth-order valence-electron chi connectivity index (χ4n) is 2.65. The Bertz CT molecular complexity index is 805. The molecule has 0 fully saturated rings. The quantitative estimate of drug-likeness (QED) is 0.341. The van der Waals surface area contributed by atoms with Gasteiger partial charge in [0.25, 0.3) is 0 Å². The van der Waals surface area contributed by atoms with Gasteiger partial charge < -0.3 is 31.9 Å². The van der Waals surface area contributed by atoms with Crippen molar-refractivity contribution >= 4 is 29.3 Å². The van der Waals surface area contributed by atoms with Crippen LogP contribution in [0, 0.1) is 0 Å². The summed E-state index contributed by atoms with van der Waals surface area (Å²) in [6, 6.07) is 4.48. The summed E-state index contributed by atoms with van der Waals surface area (Å²) in [5, 5.41) is 27.3. The number of nitrogens with two attached hydrogens (primary N) is 1. The fraction of sp³-hybridized carbons (Fsp3) is 0.333. The molecule has 0 aromatic heterocycles. The van der Waals surface area contributed by atoms with Crippen molar-refractivity contribution in [2.45, 2.75) is 31.6 Å². The van der Waals surface area contributed by atoms with Gasteiger partial charge in [-0.2, -0.15) is 0 Å². The largest absolute Gasteiger partial charge is 0.390 e. The lowest BCUT2D eigenvalue weighted by Gasteiger charge is -2.31. The van der Waals surface area contributed by atoms with Gasteiger partial charge in [0, 0.05) is 23.2 Å². The maximum absolute atomic E-state index is 12.2. The first-order valence-corrected chi connectivity index (χ1v) is 8.49. The predicted molar refractivity (Wildman–Crippen MR) is 99.3 cm³/mol. The standard InChI is InChI=1S/C18H22N4O6/c1-9(23)10-2-4-12(5-3-10)21-18(28)22-13-6-11(7-14(24)16(13)26)17(27)20-8-15(19)25/h2-6,13-14,16,24,26H,7-8H2,1H3,(H2,19,25)(H,20,27)(H2,21,22,28). The van der Waals surface area contributed by atoms with Crippen LogP contribution in [-0.4, -0.2) is 58.6 Å². The molecule has 3 unspecified atom stereocenters. The third kappa shape index (κ3) is 5.63. The summed E-state index contributed by atoms with van der Waals surface area (Å²) in [4.78, 5) is 46.2. The molecule has 1 aliphatic carbocycles. The Morgan fingerprint density at radius 3 is 2.36 bits per heavy atom. The molecule has 0 saturated heterocycles. The van der Waals surface area contributed by atoms with Crippen molar-refractivity contribution in [1.82, 2.24) is 10.6 Å². The third-order valence-corrected chi connectivity index (χ3v) is 4.13. The summed E-state index contributed by atoms with van der Waals surface area (Å²) in [5.41, 5.74) is 5.98. The Hall–Kier alpha value is -3.24. The normalized spacial score (nSPS) is 21.2. The molecule has 0 aliphatic heterocycles. The van der Waals surface area contributed by atoms with Gasteiger partial charge in [0.1, 0.15) is 6.10 Å².